The molecule has 0 aromatic carbocycles. The van der Waals surface area contributed by atoms with Crippen LogP contribution < -0.4 is 5.32 Å². The van der Waals surface area contributed by atoms with Crippen LogP contribution in [0.15, 0.2) is 0 Å². The van der Waals surface area contributed by atoms with E-state index in [1.165, 1.54) is 0 Å². The molecule has 1 fully saturated rings. The highest BCUT2D eigenvalue weighted by atomic mass is 16.4. The first kappa shape index (κ1) is 6.07. The molecule has 0 spiro atoms. The largest absolute Gasteiger partial charge is 0.515 e. The second kappa shape index (κ2) is 2.48. The van der Waals surface area contributed by atoms with Crippen LogP contribution >= 0.6 is 0 Å². The molecule has 0 amide bonds. The van der Waals surface area contributed by atoms with Crippen molar-refractivity contribution in [1.82, 2.24) is 0 Å². The van der Waals surface area contributed by atoms with E-state index in [2.05, 4.69) is 0 Å². The van der Waals surface area contributed by atoms with Gasteiger partial charge in [-0.05, 0) is 0 Å². The maximum Gasteiger partial charge on any atom is 0.515 e. The predicted octanol–water partition coefficient (Wildman–Crippen LogP) is -2.28. The summed E-state index contributed by atoms with van der Waals surface area (Å²) in [4.78, 5) is 0. The van der Waals surface area contributed by atoms with Crippen molar-refractivity contribution < 1.29 is 15.4 Å². The van der Waals surface area contributed by atoms with Crippen LogP contribution in [0, 0.1) is 0 Å². The number of quaternary nitrogens is 1. The van der Waals surface area contributed by atoms with Crippen molar-refractivity contribution in [2.24, 2.45) is 0 Å². The quantitative estimate of drug-likeness (QED) is 0.338. The molecular weight excluding hydrogens is 105 g/mol. The van der Waals surface area contributed by atoms with Gasteiger partial charge in [0.25, 0.3) is 0 Å². The van der Waals surface area contributed by atoms with E-state index in [-0.39, 0.29) is 5.94 Å². The van der Waals surface area contributed by atoms with E-state index in [1.807, 2.05) is 5.32 Å². The van der Waals surface area contributed by atoms with E-state index >= 15 is 0 Å². The van der Waals surface area contributed by atoms with E-state index in [0.717, 1.165) is 19.4 Å². The van der Waals surface area contributed by atoms with Crippen LogP contribution in [-0.4, -0.2) is 29.7 Å². The lowest BCUT2D eigenvalue weighted by Gasteiger charge is -2.01. The Bertz CT molecular complexity index is 72.4. The summed E-state index contributed by atoms with van der Waals surface area (Å²) in [6, 6.07) is 0. The Balaban J connectivity index is 2.24. The van der Waals surface area contributed by atoms with Crippen LogP contribution in [-0.2, 0) is 0 Å². The van der Waals surface area contributed by atoms with E-state index in [0.29, 0.717) is 0 Å². The standard InChI is InChI=1S/C4H10BNO2/c7-5(8)4-2-1-3-6-4/h4,6-8H,1-3H2/p+1/t4-/m1/s1. The van der Waals surface area contributed by atoms with E-state index in [4.69, 9.17) is 10.0 Å². The van der Waals surface area contributed by atoms with Gasteiger partial charge in [0, 0.05) is 12.8 Å². The van der Waals surface area contributed by atoms with Gasteiger partial charge in [0.05, 0.1) is 6.54 Å². The average molecular weight is 116 g/mol. The van der Waals surface area contributed by atoms with Crippen LogP contribution in [0.5, 0.6) is 0 Å². The van der Waals surface area contributed by atoms with E-state index in [9.17, 15) is 0 Å². The molecule has 1 aliphatic rings. The molecule has 3 nitrogen and oxygen atoms in total. The molecule has 0 bridgehead atoms. The van der Waals surface area contributed by atoms with Gasteiger partial charge >= 0.3 is 7.12 Å². The Morgan fingerprint density at radius 2 is 2.25 bits per heavy atom. The van der Waals surface area contributed by atoms with Crippen LogP contribution in [0.3, 0.4) is 0 Å². The minimum absolute atomic E-state index is 0.0509. The van der Waals surface area contributed by atoms with Gasteiger partial charge in [0.1, 0.15) is 5.94 Å². The third-order valence-corrected chi connectivity index (χ3v) is 1.59. The molecule has 1 heterocycles. The Labute approximate surface area is 48.9 Å². The molecule has 1 atom stereocenters. The molecule has 1 rings (SSSR count). The SMILES string of the molecule is OB(O)[C@H]1CCC[NH2+]1. The normalized spacial score (nSPS) is 28.5. The van der Waals surface area contributed by atoms with Crippen LogP contribution in [0.2, 0.25) is 0 Å². The lowest BCUT2D eigenvalue weighted by atomic mass is 9.79. The summed E-state index contributed by atoms with van der Waals surface area (Å²) in [7, 11) is -1.11. The number of rotatable bonds is 1. The summed E-state index contributed by atoms with van der Waals surface area (Å²) in [5.41, 5.74) is 0. The Kier molecular flexibility index (Phi) is 1.88. The van der Waals surface area contributed by atoms with Crippen LogP contribution in [0.1, 0.15) is 12.8 Å². The summed E-state index contributed by atoms with van der Waals surface area (Å²) in [6.45, 7) is 1.04. The van der Waals surface area contributed by atoms with Gasteiger partial charge in [-0.3, -0.25) is 0 Å². The molecule has 1 saturated heterocycles. The van der Waals surface area contributed by atoms with E-state index in [1.54, 1.807) is 0 Å². The fourth-order valence-corrected chi connectivity index (χ4v) is 1.07. The molecule has 46 valence electrons. The first-order valence-electron chi connectivity index (χ1n) is 3.00. The maximum atomic E-state index is 8.58. The van der Waals surface area contributed by atoms with Crippen molar-refractivity contribution in [1.29, 1.82) is 0 Å². The molecule has 4 N–H and O–H groups in total. The van der Waals surface area contributed by atoms with Crippen molar-refractivity contribution in [2.45, 2.75) is 18.8 Å². The predicted molar refractivity (Wildman–Crippen MR) is 30.0 cm³/mol. The molecule has 0 saturated carbocycles. The van der Waals surface area contributed by atoms with Crippen molar-refractivity contribution in [3.05, 3.63) is 0 Å². The Hall–Kier alpha value is -0.0551. The zero-order chi connectivity index (χ0) is 5.98. The fraction of sp³-hybridized carbons (Fsp3) is 1.00. The summed E-state index contributed by atoms with van der Waals surface area (Å²) in [6.07, 6.45) is 2.06. The number of nitrogens with two attached hydrogens (primary N) is 1. The van der Waals surface area contributed by atoms with Gasteiger partial charge < -0.3 is 15.4 Å². The fourth-order valence-electron chi connectivity index (χ4n) is 1.07. The van der Waals surface area contributed by atoms with Crippen molar-refractivity contribution in [3.8, 4) is 0 Å². The Morgan fingerprint density at radius 3 is 2.50 bits per heavy atom. The average Bonchev–Trinajstić information content (AvgIpc) is 2.12. The van der Waals surface area contributed by atoms with Gasteiger partial charge in [-0.2, -0.15) is 0 Å². The minimum atomic E-state index is -1.11. The molecule has 0 radical (unpaired) electrons. The Morgan fingerprint density at radius 1 is 1.50 bits per heavy atom. The lowest BCUT2D eigenvalue weighted by Crippen LogP contribution is -2.90. The molecule has 0 unspecified atom stereocenters. The van der Waals surface area contributed by atoms with Crippen LogP contribution in [0.25, 0.3) is 0 Å². The highest BCUT2D eigenvalue weighted by molar-refractivity contribution is 6.42. The molecule has 1 aliphatic heterocycles. The number of hydrogen-bond donors (Lipinski definition) is 3. The van der Waals surface area contributed by atoms with Gasteiger partial charge in [-0.25, -0.2) is 0 Å². The highest BCUT2D eigenvalue weighted by Crippen LogP contribution is 1.96. The molecule has 4 heteroatoms. The van der Waals surface area contributed by atoms with Gasteiger partial charge in [0.2, 0.25) is 0 Å². The summed E-state index contributed by atoms with van der Waals surface area (Å²) >= 11 is 0. The second-order valence-corrected chi connectivity index (χ2v) is 2.24. The van der Waals surface area contributed by atoms with Gasteiger partial charge in [-0.1, -0.05) is 0 Å². The highest BCUT2D eigenvalue weighted by Gasteiger charge is 2.30. The molecule has 0 aromatic rings. The molecule has 0 aliphatic carbocycles. The number of hydrogen-bond acceptors (Lipinski definition) is 2. The minimum Gasteiger partial charge on any atom is -0.423 e. The summed E-state index contributed by atoms with van der Waals surface area (Å²) in [5.74, 6) is 0.0509. The monoisotopic (exact) mass is 116 g/mol. The summed E-state index contributed by atoms with van der Waals surface area (Å²) in [5, 5.41) is 19.1. The maximum absolute atomic E-state index is 8.58. The van der Waals surface area contributed by atoms with E-state index < -0.39 is 7.12 Å². The zero-order valence-corrected chi connectivity index (χ0v) is 4.75. The lowest BCUT2D eigenvalue weighted by molar-refractivity contribution is -0.655. The van der Waals surface area contributed by atoms with Crippen molar-refractivity contribution in [2.75, 3.05) is 6.54 Å². The molecule has 0 aromatic heterocycles. The first-order valence-corrected chi connectivity index (χ1v) is 3.00. The smallest absolute Gasteiger partial charge is 0.423 e. The van der Waals surface area contributed by atoms with Crippen molar-refractivity contribution >= 4 is 7.12 Å². The molecular formula is C4H11BNO2+. The third-order valence-electron chi connectivity index (χ3n) is 1.59. The zero-order valence-electron chi connectivity index (χ0n) is 4.75. The van der Waals surface area contributed by atoms with Crippen molar-refractivity contribution in [3.63, 3.8) is 0 Å². The first-order chi connectivity index (χ1) is 3.80. The third kappa shape index (κ3) is 1.21. The molecule has 8 heavy (non-hydrogen) atoms. The van der Waals surface area contributed by atoms with Gasteiger partial charge in [-0.15, -0.1) is 0 Å². The second-order valence-electron chi connectivity index (χ2n) is 2.24. The van der Waals surface area contributed by atoms with Crippen LogP contribution in [0.4, 0.5) is 0 Å². The summed E-state index contributed by atoms with van der Waals surface area (Å²) < 4.78 is 0. The topological polar surface area (TPSA) is 57.1 Å². The van der Waals surface area contributed by atoms with Gasteiger partial charge in [0.15, 0.2) is 0 Å².